The number of benzene rings is 1. The van der Waals surface area contributed by atoms with Crippen LogP contribution in [-0.2, 0) is 11.2 Å². The average Bonchev–Trinajstić information content (AvgIpc) is 3.07. The molecule has 0 radical (unpaired) electrons. The summed E-state index contributed by atoms with van der Waals surface area (Å²) < 4.78 is 13.0. The normalized spacial score (nSPS) is 19.8. The van der Waals surface area contributed by atoms with Crippen molar-refractivity contribution in [3.63, 3.8) is 0 Å². The molecule has 4 rings (SSSR count). The van der Waals surface area contributed by atoms with Gasteiger partial charge in [-0.05, 0) is 36.6 Å². The van der Waals surface area contributed by atoms with Gasteiger partial charge in [0.15, 0.2) is 0 Å². The van der Waals surface area contributed by atoms with Crippen LogP contribution in [0.15, 0.2) is 36.5 Å². The highest BCUT2D eigenvalue weighted by molar-refractivity contribution is 5.86. The van der Waals surface area contributed by atoms with Crippen LogP contribution in [0.2, 0.25) is 0 Å². The number of nitrogens with zero attached hydrogens (tertiary/aromatic N) is 3. The molecule has 1 unspecified atom stereocenters. The van der Waals surface area contributed by atoms with Gasteiger partial charge < -0.3 is 14.9 Å². The van der Waals surface area contributed by atoms with Crippen molar-refractivity contribution in [3.8, 4) is 5.75 Å². The first-order valence-electron chi connectivity index (χ1n) is 8.59. The highest BCUT2D eigenvalue weighted by Gasteiger charge is 2.35. The van der Waals surface area contributed by atoms with E-state index in [4.69, 9.17) is 0 Å². The molecule has 130 valence electrons. The molecular formula is C19H20FN3O2. The molecule has 2 aliphatic rings. The Kier molecular flexibility index (Phi) is 4.03. The summed E-state index contributed by atoms with van der Waals surface area (Å²) in [6, 6.07) is 8.54. The van der Waals surface area contributed by atoms with Gasteiger partial charge in [-0.15, -0.1) is 0 Å². The molecule has 1 fully saturated rings. The lowest BCUT2D eigenvalue weighted by atomic mass is 9.98. The van der Waals surface area contributed by atoms with Crippen LogP contribution in [0.1, 0.15) is 23.5 Å². The van der Waals surface area contributed by atoms with Crippen molar-refractivity contribution < 1.29 is 14.3 Å². The zero-order valence-electron chi connectivity index (χ0n) is 13.9. The minimum absolute atomic E-state index is 0.0898. The number of fused-ring (bicyclic) bond motifs is 1. The lowest BCUT2D eigenvalue weighted by Crippen LogP contribution is -2.50. The molecule has 1 amide bonds. The van der Waals surface area contributed by atoms with Crippen LogP contribution >= 0.6 is 0 Å². The largest absolute Gasteiger partial charge is 0.508 e. The summed E-state index contributed by atoms with van der Waals surface area (Å²) in [5, 5.41) is 10.1. The van der Waals surface area contributed by atoms with Crippen LogP contribution in [-0.4, -0.2) is 47.1 Å². The fourth-order valence-corrected chi connectivity index (χ4v) is 3.84. The van der Waals surface area contributed by atoms with E-state index in [2.05, 4.69) is 9.88 Å². The Morgan fingerprint density at radius 1 is 1.16 bits per heavy atom. The van der Waals surface area contributed by atoms with E-state index in [1.807, 2.05) is 17.0 Å². The SMILES string of the molecule is O=C(C1CCc2cccc(O)c21)N1CCN(c2ccc(F)cn2)CC1. The molecular weight excluding hydrogens is 321 g/mol. The molecule has 1 aliphatic carbocycles. The molecule has 0 bridgehead atoms. The maximum Gasteiger partial charge on any atom is 0.230 e. The van der Waals surface area contributed by atoms with Crippen LogP contribution in [0, 0.1) is 5.82 Å². The van der Waals surface area contributed by atoms with E-state index in [9.17, 15) is 14.3 Å². The number of phenols is 1. The summed E-state index contributed by atoms with van der Waals surface area (Å²) in [4.78, 5) is 21.0. The predicted molar refractivity (Wildman–Crippen MR) is 92.2 cm³/mol. The maximum atomic E-state index is 13.0. The molecule has 0 spiro atoms. The number of amides is 1. The van der Waals surface area contributed by atoms with E-state index in [1.54, 1.807) is 12.1 Å². The number of hydrogen-bond acceptors (Lipinski definition) is 4. The minimum atomic E-state index is -0.350. The fraction of sp³-hybridized carbons (Fsp3) is 0.368. The monoisotopic (exact) mass is 341 g/mol. The number of pyridine rings is 1. The van der Waals surface area contributed by atoms with Gasteiger partial charge in [-0.25, -0.2) is 9.37 Å². The summed E-state index contributed by atoms with van der Waals surface area (Å²) >= 11 is 0. The van der Waals surface area contributed by atoms with Gasteiger partial charge >= 0.3 is 0 Å². The first-order chi connectivity index (χ1) is 12.1. The highest BCUT2D eigenvalue weighted by atomic mass is 19.1. The number of rotatable bonds is 2. The summed E-state index contributed by atoms with van der Waals surface area (Å²) in [6.07, 6.45) is 2.80. The Labute approximate surface area is 145 Å². The Bertz CT molecular complexity index is 786. The van der Waals surface area contributed by atoms with E-state index >= 15 is 0 Å². The number of carbonyl (C=O) groups excluding carboxylic acids is 1. The van der Waals surface area contributed by atoms with Crippen molar-refractivity contribution in [2.75, 3.05) is 31.1 Å². The Morgan fingerprint density at radius 2 is 1.96 bits per heavy atom. The molecule has 1 aliphatic heterocycles. The zero-order chi connectivity index (χ0) is 17.4. The number of aromatic hydroxyl groups is 1. The van der Waals surface area contributed by atoms with Crippen LogP contribution in [0.4, 0.5) is 10.2 Å². The molecule has 1 saturated heterocycles. The predicted octanol–water partition coefficient (Wildman–Crippen LogP) is 2.30. The first-order valence-corrected chi connectivity index (χ1v) is 8.59. The van der Waals surface area contributed by atoms with Crippen molar-refractivity contribution in [1.29, 1.82) is 0 Å². The van der Waals surface area contributed by atoms with Gasteiger partial charge in [-0.3, -0.25) is 4.79 Å². The van der Waals surface area contributed by atoms with Gasteiger partial charge in [0.2, 0.25) is 5.91 Å². The summed E-state index contributed by atoms with van der Waals surface area (Å²) in [6.45, 7) is 2.56. The quantitative estimate of drug-likeness (QED) is 0.911. The third-order valence-electron chi connectivity index (χ3n) is 5.15. The third-order valence-corrected chi connectivity index (χ3v) is 5.15. The van der Waals surface area contributed by atoms with Crippen LogP contribution in [0.3, 0.4) is 0 Å². The van der Waals surface area contributed by atoms with Crippen molar-refractivity contribution in [3.05, 3.63) is 53.5 Å². The lowest BCUT2D eigenvalue weighted by molar-refractivity contribution is -0.133. The Hall–Kier alpha value is -2.63. The van der Waals surface area contributed by atoms with Crippen molar-refractivity contribution in [2.45, 2.75) is 18.8 Å². The van der Waals surface area contributed by atoms with Crippen LogP contribution in [0.5, 0.6) is 5.75 Å². The number of halogens is 1. The minimum Gasteiger partial charge on any atom is -0.508 e. The van der Waals surface area contributed by atoms with Gasteiger partial charge in [0.1, 0.15) is 17.4 Å². The van der Waals surface area contributed by atoms with Gasteiger partial charge in [0.05, 0.1) is 12.1 Å². The van der Waals surface area contributed by atoms with Crippen molar-refractivity contribution in [1.82, 2.24) is 9.88 Å². The second-order valence-corrected chi connectivity index (χ2v) is 6.59. The lowest BCUT2D eigenvalue weighted by Gasteiger charge is -2.36. The molecule has 0 saturated carbocycles. The number of aromatic nitrogens is 1. The summed E-state index contributed by atoms with van der Waals surface area (Å²) in [5.74, 6) is 0.454. The average molecular weight is 341 g/mol. The van der Waals surface area contributed by atoms with Crippen molar-refractivity contribution in [2.24, 2.45) is 0 Å². The molecule has 1 aromatic carbocycles. The molecule has 1 atom stereocenters. The highest BCUT2D eigenvalue weighted by Crippen LogP contribution is 2.40. The molecule has 1 N–H and O–H groups in total. The Balaban J connectivity index is 1.43. The number of aryl methyl sites for hydroxylation is 1. The number of piperazine rings is 1. The molecule has 1 aromatic heterocycles. The second kappa shape index (κ2) is 6.35. The van der Waals surface area contributed by atoms with E-state index in [0.29, 0.717) is 26.2 Å². The topological polar surface area (TPSA) is 56.7 Å². The van der Waals surface area contributed by atoms with E-state index in [-0.39, 0.29) is 23.4 Å². The van der Waals surface area contributed by atoms with Gasteiger partial charge in [-0.2, -0.15) is 0 Å². The number of carbonyl (C=O) groups is 1. The molecule has 2 heterocycles. The molecule has 5 nitrogen and oxygen atoms in total. The molecule has 25 heavy (non-hydrogen) atoms. The Morgan fingerprint density at radius 3 is 2.68 bits per heavy atom. The number of hydrogen-bond donors (Lipinski definition) is 1. The smallest absolute Gasteiger partial charge is 0.230 e. The van der Waals surface area contributed by atoms with Crippen LogP contribution in [0.25, 0.3) is 0 Å². The van der Waals surface area contributed by atoms with Gasteiger partial charge in [0, 0.05) is 31.7 Å². The zero-order valence-corrected chi connectivity index (χ0v) is 13.9. The van der Waals surface area contributed by atoms with Crippen LogP contribution < -0.4 is 4.90 Å². The van der Waals surface area contributed by atoms with E-state index < -0.39 is 0 Å². The standard InChI is InChI=1S/C19H20FN3O2/c20-14-5-7-17(21-12-14)22-8-10-23(11-9-22)19(25)15-6-4-13-2-1-3-16(24)18(13)15/h1-3,5,7,12,15,24H,4,6,8-11H2. The second-order valence-electron chi connectivity index (χ2n) is 6.59. The van der Waals surface area contributed by atoms with E-state index in [0.717, 1.165) is 29.8 Å². The summed E-state index contributed by atoms with van der Waals surface area (Å²) in [7, 11) is 0. The third kappa shape index (κ3) is 2.92. The first kappa shape index (κ1) is 15.9. The van der Waals surface area contributed by atoms with Crippen molar-refractivity contribution >= 4 is 11.7 Å². The maximum absolute atomic E-state index is 13.0. The fourth-order valence-electron chi connectivity index (χ4n) is 3.84. The van der Waals surface area contributed by atoms with E-state index in [1.165, 1.54) is 12.3 Å². The molecule has 2 aromatic rings. The van der Waals surface area contributed by atoms with Gasteiger partial charge in [0.25, 0.3) is 0 Å². The number of anilines is 1. The number of phenolic OH excluding ortho intramolecular Hbond substituents is 1. The van der Waals surface area contributed by atoms with Gasteiger partial charge in [-0.1, -0.05) is 12.1 Å². The summed E-state index contributed by atoms with van der Waals surface area (Å²) in [5.41, 5.74) is 1.88. The molecule has 6 heteroatoms.